The maximum absolute atomic E-state index is 12.9. The Balaban J connectivity index is 4.34. The Kier molecular flexibility index (Phi) is 61.2. The number of ether oxygens (including phenoxy) is 3. The predicted molar refractivity (Wildman–Crippen MR) is 330 cm³/mol. The van der Waals surface area contributed by atoms with Gasteiger partial charge in [-0.1, -0.05) is 311 Å². The Bertz CT molecular complexity index is 1450. The molecule has 0 saturated carbocycles. The minimum Gasteiger partial charge on any atom is -0.462 e. The molecule has 1 atom stereocenters. The summed E-state index contributed by atoms with van der Waals surface area (Å²) >= 11 is 0. The average Bonchev–Trinajstić information content (AvgIpc) is 3.42. The standard InChI is InChI=1S/C70H122O6/c1-4-7-10-13-16-19-22-25-27-29-31-32-33-34-35-36-37-38-39-41-42-45-48-51-54-57-60-63-69(72)75-66-67(65-74-68(71)62-59-56-53-50-47-44-24-21-18-15-12-9-6-3)76-70(73)64-61-58-55-52-49-46-43-40-30-28-26-23-20-17-14-11-8-5-2/h7,10,16,19,25,27,31-32,34-35,37-38,41-42,67H,4-6,8-9,11-15,17-18,20-24,26,28-30,33,36,39-40,43-66H2,1-3H3/b10-7-,19-16-,27-25-,32-31-,35-34-,38-37-,42-41-. The van der Waals surface area contributed by atoms with E-state index >= 15 is 0 Å². The molecule has 0 aliphatic rings. The zero-order valence-electron chi connectivity index (χ0n) is 50.3. The third-order valence-corrected chi connectivity index (χ3v) is 14.2. The normalized spacial score (nSPS) is 12.6. The van der Waals surface area contributed by atoms with Gasteiger partial charge in [-0.05, 0) is 77.0 Å². The number of rotatable bonds is 59. The highest BCUT2D eigenvalue weighted by Gasteiger charge is 2.19. The third kappa shape index (κ3) is 61.4. The fraction of sp³-hybridized carbons (Fsp3) is 0.757. The summed E-state index contributed by atoms with van der Waals surface area (Å²) in [7, 11) is 0. The average molecular weight is 1060 g/mol. The second-order valence-electron chi connectivity index (χ2n) is 21.7. The van der Waals surface area contributed by atoms with Crippen LogP contribution in [0.3, 0.4) is 0 Å². The topological polar surface area (TPSA) is 78.9 Å². The minimum atomic E-state index is -0.782. The largest absolute Gasteiger partial charge is 0.462 e. The van der Waals surface area contributed by atoms with Crippen LogP contribution in [0.5, 0.6) is 0 Å². The molecule has 0 amide bonds. The van der Waals surface area contributed by atoms with Gasteiger partial charge in [-0.2, -0.15) is 0 Å². The first-order valence-electron chi connectivity index (χ1n) is 32.6. The van der Waals surface area contributed by atoms with Gasteiger partial charge in [0.2, 0.25) is 0 Å². The van der Waals surface area contributed by atoms with Crippen molar-refractivity contribution in [1.82, 2.24) is 0 Å². The molecule has 0 aromatic heterocycles. The smallest absolute Gasteiger partial charge is 0.306 e. The van der Waals surface area contributed by atoms with Gasteiger partial charge in [0.05, 0.1) is 0 Å². The predicted octanol–water partition coefficient (Wildman–Crippen LogP) is 22.3. The van der Waals surface area contributed by atoms with E-state index in [1.54, 1.807) is 0 Å². The molecule has 0 heterocycles. The number of unbranched alkanes of at least 4 members (excludes halogenated alkanes) is 34. The number of esters is 3. The van der Waals surface area contributed by atoms with Crippen LogP contribution in [0.15, 0.2) is 85.1 Å². The van der Waals surface area contributed by atoms with Crippen molar-refractivity contribution in [2.45, 2.75) is 329 Å². The number of hydrogen-bond acceptors (Lipinski definition) is 6. The lowest BCUT2D eigenvalue weighted by Gasteiger charge is -2.18. The van der Waals surface area contributed by atoms with E-state index in [1.165, 1.54) is 161 Å². The Morgan fingerprint density at radius 2 is 0.513 bits per heavy atom. The SMILES string of the molecule is CC/C=C\C/C=C\C/C=C\C/C=C\C/C=C\C/C=C\C/C=C\CCCCCCCC(=O)OCC(COC(=O)CCCCCCCCCCCCCCC)OC(=O)CCCCCCCCCCCCCCCCCCCC. The highest BCUT2D eigenvalue weighted by atomic mass is 16.6. The first-order chi connectivity index (χ1) is 37.5. The fourth-order valence-corrected chi connectivity index (χ4v) is 9.31. The van der Waals surface area contributed by atoms with Crippen molar-refractivity contribution in [3.05, 3.63) is 85.1 Å². The molecule has 0 aromatic carbocycles. The molecule has 0 spiro atoms. The molecule has 0 N–H and O–H groups in total. The summed E-state index contributed by atoms with van der Waals surface area (Å²) in [5.74, 6) is -0.881. The van der Waals surface area contributed by atoms with Crippen LogP contribution in [0.1, 0.15) is 323 Å². The van der Waals surface area contributed by atoms with E-state index in [0.717, 1.165) is 122 Å². The van der Waals surface area contributed by atoms with E-state index in [1.807, 2.05) is 0 Å². The lowest BCUT2D eigenvalue weighted by atomic mass is 10.0. The first-order valence-corrected chi connectivity index (χ1v) is 32.6. The third-order valence-electron chi connectivity index (χ3n) is 14.2. The lowest BCUT2D eigenvalue weighted by molar-refractivity contribution is -0.167. The van der Waals surface area contributed by atoms with Crippen LogP contribution < -0.4 is 0 Å². The van der Waals surface area contributed by atoms with Crippen LogP contribution in [0.25, 0.3) is 0 Å². The van der Waals surface area contributed by atoms with E-state index in [4.69, 9.17) is 14.2 Å². The van der Waals surface area contributed by atoms with Gasteiger partial charge in [0, 0.05) is 19.3 Å². The summed E-state index contributed by atoms with van der Waals surface area (Å²) in [6.45, 7) is 6.55. The lowest BCUT2D eigenvalue weighted by Crippen LogP contribution is -2.30. The molecule has 0 aliphatic heterocycles. The number of allylic oxidation sites excluding steroid dienone is 14. The molecule has 0 rings (SSSR count). The molecule has 0 bridgehead atoms. The second-order valence-corrected chi connectivity index (χ2v) is 21.7. The van der Waals surface area contributed by atoms with Crippen molar-refractivity contribution in [2.75, 3.05) is 13.2 Å². The fourth-order valence-electron chi connectivity index (χ4n) is 9.31. The summed E-state index contributed by atoms with van der Waals surface area (Å²) < 4.78 is 16.9. The summed E-state index contributed by atoms with van der Waals surface area (Å²) in [5.41, 5.74) is 0. The molecule has 438 valence electrons. The van der Waals surface area contributed by atoms with Gasteiger partial charge in [-0.15, -0.1) is 0 Å². The van der Waals surface area contributed by atoms with Gasteiger partial charge < -0.3 is 14.2 Å². The van der Waals surface area contributed by atoms with Crippen LogP contribution in [-0.2, 0) is 28.6 Å². The van der Waals surface area contributed by atoms with Crippen molar-refractivity contribution in [1.29, 1.82) is 0 Å². The van der Waals surface area contributed by atoms with Gasteiger partial charge in [-0.3, -0.25) is 14.4 Å². The highest BCUT2D eigenvalue weighted by Crippen LogP contribution is 2.17. The minimum absolute atomic E-state index is 0.0781. The maximum Gasteiger partial charge on any atom is 0.306 e. The molecule has 0 fully saturated rings. The first kappa shape index (κ1) is 72.6. The van der Waals surface area contributed by atoms with Gasteiger partial charge in [0.25, 0.3) is 0 Å². The van der Waals surface area contributed by atoms with Crippen LogP contribution in [0, 0.1) is 0 Å². The maximum atomic E-state index is 12.9. The van der Waals surface area contributed by atoms with Gasteiger partial charge in [-0.25, -0.2) is 0 Å². The van der Waals surface area contributed by atoms with Crippen molar-refractivity contribution >= 4 is 17.9 Å². The number of hydrogen-bond donors (Lipinski definition) is 0. The monoisotopic (exact) mass is 1060 g/mol. The molecule has 1 unspecified atom stereocenters. The van der Waals surface area contributed by atoms with E-state index < -0.39 is 6.10 Å². The zero-order chi connectivity index (χ0) is 55.0. The zero-order valence-corrected chi connectivity index (χ0v) is 50.3. The molecular weight excluding hydrogens is 937 g/mol. The molecule has 6 heteroatoms. The molecule has 0 saturated heterocycles. The quantitative estimate of drug-likeness (QED) is 0.0261. The molecule has 76 heavy (non-hydrogen) atoms. The molecule has 0 aromatic rings. The van der Waals surface area contributed by atoms with Crippen LogP contribution >= 0.6 is 0 Å². The second kappa shape index (κ2) is 64.1. The van der Waals surface area contributed by atoms with Crippen LogP contribution in [0.4, 0.5) is 0 Å². The molecule has 6 nitrogen and oxygen atoms in total. The molecule has 0 radical (unpaired) electrons. The van der Waals surface area contributed by atoms with Crippen LogP contribution in [0.2, 0.25) is 0 Å². The Morgan fingerprint density at radius 1 is 0.276 bits per heavy atom. The number of carbonyl (C=O) groups excluding carboxylic acids is 3. The summed E-state index contributed by atoms with van der Waals surface area (Å²) in [5, 5.41) is 0. The van der Waals surface area contributed by atoms with E-state index in [2.05, 4.69) is 106 Å². The summed E-state index contributed by atoms with van der Waals surface area (Å²) in [6.07, 6.45) is 84.4. The Hall–Kier alpha value is -3.41. The highest BCUT2D eigenvalue weighted by molar-refractivity contribution is 5.71. The molecular formula is C70H122O6. The van der Waals surface area contributed by atoms with E-state index in [0.29, 0.717) is 19.3 Å². The van der Waals surface area contributed by atoms with E-state index in [9.17, 15) is 14.4 Å². The van der Waals surface area contributed by atoms with E-state index in [-0.39, 0.29) is 31.1 Å². The Labute approximate surface area is 471 Å². The Morgan fingerprint density at radius 3 is 0.803 bits per heavy atom. The van der Waals surface area contributed by atoms with Crippen molar-refractivity contribution in [3.8, 4) is 0 Å². The van der Waals surface area contributed by atoms with Gasteiger partial charge in [0.15, 0.2) is 6.10 Å². The van der Waals surface area contributed by atoms with Crippen molar-refractivity contribution < 1.29 is 28.6 Å². The summed E-state index contributed by atoms with van der Waals surface area (Å²) in [4.78, 5) is 38.3. The number of carbonyl (C=O) groups is 3. The van der Waals surface area contributed by atoms with Gasteiger partial charge in [0.1, 0.15) is 13.2 Å². The summed E-state index contributed by atoms with van der Waals surface area (Å²) in [6, 6.07) is 0. The van der Waals surface area contributed by atoms with Crippen molar-refractivity contribution in [3.63, 3.8) is 0 Å². The molecule has 0 aliphatic carbocycles. The van der Waals surface area contributed by atoms with Crippen molar-refractivity contribution in [2.24, 2.45) is 0 Å². The van der Waals surface area contributed by atoms with Crippen LogP contribution in [-0.4, -0.2) is 37.2 Å². The van der Waals surface area contributed by atoms with Gasteiger partial charge >= 0.3 is 17.9 Å².